The van der Waals surface area contributed by atoms with Gasteiger partial charge in [-0.3, -0.25) is 4.79 Å². The van der Waals surface area contributed by atoms with Gasteiger partial charge in [0.25, 0.3) is 5.91 Å². The molecule has 1 unspecified atom stereocenters. The first kappa shape index (κ1) is 14.3. The molecule has 3 nitrogen and oxygen atoms in total. The molecule has 0 aromatic heterocycles. The van der Waals surface area contributed by atoms with Gasteiger partial charge >= 0.3 is 0 Å². The van der Waals surface area contributed by atoms with Crippen molar-refractivity contribution in [3.63, 3.8) is 0 Å². The van der Waals surface area contributed by atoms with Crippen LogP contribution >= 0.6 is 22.6 Å². The highest BCUT2D eigenvalue weighted by atomic mass is 127. The van der Waals surface area contributed by atoms with E-state index >= 15 is 0 Å². The maximum Gasteiger partial charge on any atom is 0.255 e. The van der Waals surface area contributed by atoms with E-state index in [0.29, 0.717) is 12.1 Å². The van der Waals surface area contributed by atoms with E-state index in [-0.39, 0.29) is 5.91 Å². The van der Waals surface area contributed by atoms with E-state index in [1.165, 1.54) is 32.1 Å². The van der Waals surface area contributed by atoms with Gasteiger partial charge in [0.2, 0.25) is 0 Å². The molecule has 2 aliphatic rings. The Labute approximate surface area is 134 Å². The molecule has 0 radical (unpaired) electrons. The zero-order valence-corrected chi connectivity index (χ0v) is 13.8. The summed E-state index contributed by atoms with van der Waals surface area (Å²) in [6, 6.07) is 8.87. The van der Waals surface area contributed by atoms with Crippen LogP contribution in [-0.2, 0) is 0 Å². The Hall–Kier alpha value is -0.620. The Morgan fingerprint density at radius 3 is 2.70 bits per heavy atom. The second kappa shape index (κ2) is 6.43. The summed E-state index contributed by atoms with van der Waals surface area (Å²) in [5.41, 5.74) is 0.857. The summed E-state index contributed by atoms with van der Waals surface area (Å²) in [5, 5.41) is 3.56. The van der Waals surface area contributed by atoms with Crippen LogP contribution in [0.15, 0.2) is 24.3 Å². The van der Waals surface area contributed by atoms with Crippen molar-refractivity contribution in [2.45, 2.75) is 44.2 Å². The summed E-state index contributed by atoms with van der Waals surface area (Å²) in [6.07, 6.45) is 6.09. The number of hydrogen-bond acceptors (Lipinski definition) is 2. The standard InChI is InChI=1S/C16H21IN2O/c17-15-7-2-1-6-14(15)16(20)19(13-8-9-13)11-12-5-3-4-10-18-12/h1-2,6-7,12-13,18H,3-5,8-11H2. The molecule has 108 valence electrons. The molecular weight excluding hydrogens is 363 g/mol. The van der Waals surface area contributed by atoms with Crippen LogP contribution in [0, 0.1) is 3.57 Å². The second-order valence-corrected chi connectivity index (χ2v) is 6.98. The molecule has 1 aliphatic carbocycles. The minimum atomic E-state index is 0.213. The quantitative estimate of drug-likeness (QED) is 0.810. The largest absolute Gasteiger partial charge is 0.334 e. The molecule has 3 rings (SSSR count). The zero-order chi connectivity index (χ0) is 13.9. The fourth-order valence-corrected chi connectivity index (χ4v) is 3.51. The van der Waals surface area contributed by atoms with Crippen molar-refractivity contribution < 1.29 is 4.79 Å². The lowest BCUT2D eigenvalue weighted by Crippen LogP contribution is -2.46. The predicted octanol–water partition coefficient (Wildman–Crippen LogP) is 3.04. The van der Waals surface area contributed by atoms with Gasteiger partial charge in [-0.1, -0.05) is 18.6 Å². The van der Waals surface area contributed by atoms with Gasteiger partial charge in [0, 0.05) is 22.2 Å². The number of carbonyl (C=O) groups excluding carboxylic acids is 1. The summed E-state index contributed by atoms with van der Waals surface area (Å²) in [7, 11) is 0. The number of nitrogens with one attached hydrogen (secondary N) is 1. The van der Waals surface area contributed by atoms with E-state index in [1.54, 1.807) is 0 Å². The highest BCUT2D eigenvalue weighted by Crippen LogP contribution is 2.30. The summed E-state index contributed by atoms with van der Waals surface area (Å²) >= 11 is 2.26. The summed E-state index contributed by atoms with van der Waals surface area (Å²) in [5.74, 6) is 0.213. The molecule has 1 amide bonds. The Morgan fingerprint density at radius 2 is 2.05 bits per heavy atom. The molecule has 1 atom stereocenters. The third kappa shape index (κ3) is 3.34. The van der Waals surface area contributed by atoms with Crippen LogP contribution in [0.4, 0.5) is 0 Å². The van der Waals surface area contributed by atoms with Crippen molar-refractivity contribution in [1.29, 1.82) is 0 Å². The molecule has 1 aliphatic heterocycles. The predicted molar refractivity (Wildman–Crippen MR) is 88.9 cm³/mol. The van der Waals surface area contributed by atoms with Gasteiger partial charge < -0.3 is 10.2 Å². The maximum absolute atomic E-state index is 12.8. The number of rotatable bonds is 4. The van der Waals surface area contributed by atoms with Gasteiger partial charge in [-0.05, 0) is 67.0 Å². The van der Waals surface area contributed by atoms with Crippen molar-refractivity contribution in [3.8, 4) is 0 Å². The average Bonchev–Trinajstić information content (AvgIpc) is 3.30. The van der Waals surface area contributed by atoms with E-state index in [1.807, 2.05) is 24.3 Å². The number of carbonyl (C=O) groups is 1. The number of nitrogens with zero attached hydrogens (tertiary/aromatic N) is 1. The summed E-state index contributed by atoms with van der Waals surface area (Å²) < 4.78 is 1.05. The maximum atomic E-state index is 12.8. The topological polar surface area (TPSA) is 32.3 Å². The van der Waals surface area contributed by atoms with Crippen LogP contribution in [0.1, 0.15) is 42.5 Å². The van der Waals surface area contributed by atoms with Gasteiger partial charge in [-0.2, -0.15) is 0 Å². The van der Waals surface area contributed by atoms with E-state index in [2.05, 4.69) is 32.8 Å². The first-order valence-electron chi connectivity index (χ1n) is 7.54. The molecular formula is C16H21IN2O. The Bertz CT molecular complexity index is 481. The monoisotopic (exact) mass is 384 g/mol. The third-order valence-electron chi connectivity index (χ3n) is 4.18. The Balaban J connectivity index is 1.73. The van der Waals surface area contributed by atoms with E-state index in [9.17, 15) is 4.79 Å². The van der Waals surface area contributed by atoms with E-state index in [4.69, 9.17) is 0 Å². The van der Waals surface area contributed by atoms with Crippen LogP contribution in [0.2, 0.25) is 0 Å². The lowest BCUT2D eigenvalue weighted by Gasteiger charge is -2.31. The smallest absolute Gasteiger partial charge is 0.255 e. The zero-order valence-electron chi connectivity index (χ0n) is 11.6. The van der Waals surface area contributed by atoms with Crippen LogP contribution in [0.3, 0.4) is 0 Å². The minimum Gasteiger partial charge on any atom is -0.334 e. The van der Waals surface area contributed by atoms with Crippen molar-refractivity contribution in [2.24, 2.45) is 0 Å². The third-order valence-corrected chi connectivity index (χ3v) is 5.12. The van der Waals surface area contributed by atoms with Gasteiger partial charge in [-0.25, -0.2) is 0 Å². The Kier molecular flexibility index (Phi) is 4.61. The van der Waals surface area contributed by atoms with Crippen LogP contribution in [0.25, 0.3) is 0 Å². The summed E-state index contributed by atoms with van der Waals surface area (Å²) in [6.45, 7) is 1.97. The van der Waals surface area contributed by atoms with Gasteiger partial charge in [0.1, 0.15) is 0 Å². The molecule has 1 aromatic rings. The molecule has 0 spiro atoms. The van der Waals surface area contributed by atoms with Crippen LogP contribution in [-0.4, -0.2) is 36.0 Å². The van der Waals surface area contributed by atoms with Crippen LogP contribution < -0.4 is 5.32 Å². The van der Waals surface area contributed by atoms with Crippen molar-refractivity contribution in [2.75, 3.05) is 13.1 Å². The molecule has 1 N–H and O–H groups in total. The van der Waals surface area contributed by atoms with Crippen LogP contribution in [0.5, 0.6) is 0 Å². The fourth-order valence-electron chi connectivity index (χ4n) is 2.89. The normalized spacial score (nSPS) is 22.6. The second-order valence-electron chi connectivity index (χ2n) is 5.82. The fraction of sp³-hybridized carbons (Fsp3) is 0.562. The number of hydrogen-bond donors (Lipinski definition) is 1. The van der Waals surface area contributed by atoms with Gasteiger partial charge in [0.05, 0.1) is 5.56 Å². The Morgan fingerprint density at radius 1 is 1.25 bits per heavy atom. The highest BCUT2D eigenvalue weighted by Gasteiger charge is 2.35. The van der Waals surface area contributed by atoms with E-state index < -0.39 is 0 Å². The minimum absolute atomic E-state index is 0.213. The first-order chi connectivity index (χ1) is 9.75. The number of piperidine rings is 1. The summed E-state index contributed by atoms with van der Waals surface area (Å²) in [4.78, 5) is 14.9. The highest BCUT2D eigenvalue weighted by molar-refractivity contribution is 14.1. The molecule has 1 aromatic carbocycles. The molecule has 1 saturated carbocycles. The number of benzene rings is 1. The van der Waals surface area contributed by atoms with E-state index in [0.717, 1.165) is 22.2 Å². The van der Waals surface area contributed by atoms with Crippen molar-refractivity contribution >= 4 is 28.5 Å². The molecule has 2 fully saturated rings. The molecule has 4 heteroatoms. The first-order valence-corrected chi connectivity index (χ1v) is 8.62. The molecule has 20 heavy (non-hydrogen) atoms. The molecule has 0 bridgehead atoms. The van der Waals surface area contributed by atoms with Gasteiger partial charge in [-0.15, -0.1) is 0 Å². The van der Waals surface area contributed by atoms with Crippen molar-refractivity contribution in [1.82, 2.24) is 10.2 Å². The number of amides is 1. The molecule has 1 heterocycles. The SMILES string of the molecule is O=C(c1ccccc1I)N(CC1CCCCN1)C1CC1. The van der Waals surface area contributed by atoms with Crippen molar-refractivity contribution in [3.05, 3.63) is 33.4 Å². The molecule has 1 saturated heterocycles. The lowest BCUT2D eigenvalue weighted by atomic mass is 10.0. The number of halogens is 1. The average molecular weight is 384 g/mol. The lowest BCUT2D eigenvalue weighted by molar-refractivity contribution is 0.0717. The van der Waals surface area contributed by atoms with Gasteiger partial charge in [0.15, 0.2) is 0 Å².